The van der Waals surface area contributed by atoms with Crippen molar-refractivity contribution >= 4 is 23.7 Å². The molecule has 1 aromatic heterocycles. The fourth-order valence-electron chi connectivity index (χ4n) is 1.93. The average molecular weight is 345 g/mol. The van der Waals surface area contributed by atoms with Crippen LogP contribution in [0.1, 0.15) is 26.3 Å². The lowest BCUT2D eigenvalue weighted by molar-refractivity contribution is -0.119. The van der Waals surface area contributed by atoms with E-state index in [0.29, 0.717) is 17.5 Å². The minimum atomic E-state index is -0.230. The van der Waals surface area contributed by atoms with E-state index in [4.69, 9.17) is 0 Å². The minimum absolute atomic E-state index is 0.0222. The number of nitrogens with zero attached hydrogens (tertiary/aromatic N) is 3. The van der Waals surface area contributed by atoms with Crippen LogP contribution in [0.5, 0.6) is 0 Å². The van der Waals surface area contributed by atoms with Gasteiger partial charge in [0.15, 0.2) is 0 Å². The van der Waals surface area contributed by atoms with Crippen molar-refractivity contribution in [2.45, 2.75) is 31.5 Å². The lowest BCUT2D eigenvalue weighted by Gasteiger charge is -2.20. The molecule has 6 nitrogen and oxygen atoms in total. The summed E-state index contributed by atoms with van der Waals surface area (Å²) >= 11 is 1.35. The molecular formula is C17H23N5OS. The zero-order valence-corrected chi connectivity index (χ0v) is 15.0. The number of aromatic nitrogens is 3. The number of benzene rings is 1. The Labute approximate surface area is 146 Å². The van der Waals surface area contributed by atoms with Gasteiger partial charge < -0.3 is 10.7 Å². The predicted octanol–water partition coefficient (Wildman–Crippen LogP) is 2.54. The Morgan fingerprint density at radius 1 is 1.29 bits per heavy atom. The van der Waals surface area contributed by atoms with Crippen LogP contribution in [0.2, 0.25) is 0 Å². The third-order valence-electron chi connectivity index (χ3n) is 2.85. The van der Waals surface area contributed by atoms with Gasteiger partial charge in [0.1, 0.15) is 6.33 Å². The first-order chi connectivity index (χ1) is 11.4. The fraction of sp³-hybridized carbons (Fsp3) is 0.353. The number of hydrogen-bond acceptors (Lipinski definition) is 5. The van der Waals surface area contributed by atoms with E-state index in [9.17, 15) is 4.79 Å². The van der Waals surface area contributed by atoms with Crippen molar-refractivity contribution in [1.29, 1.82) is 0 Å². The first-order valence-corrected chi connectivity index (χ1v) is 8.72. The summed E-state index contributed by atoms with van der Waals surface area (Å²) in [5.41, 5.74) is 4.11. The van der Waals surface area contributed by atoms with E-state index in [1.165, 1.54) is 11.8 Å². The molecule has 2 rings (SSSR count). The number of nitrogens with one attached hydrogen (secondary N) is 2. The van der Waals surface area contributed by atoms with Crippen LogP contribution in [0.3, 0.4) is 0 Å². The summed E-state index contributed by atoms with van der Waals surface area (Å²) in [4.78, 5) is 11.9. The van der Waals surface area contributed by atoms with Gasteiger partial charge >= 0.3 is 0 Å². The summed E-state index contributed by atoms with van der Waals surface area (Å²) < 4.78 is 1.73. The van der Waals surface area contributed by atoms with Gasteiger partial charge in [0.25, 0.3) is 0 Å². The Hall–Kier alpha value is -2.28. The van der Waals surface area contributed by atoms with Crippen LogP contribution in [0.4, 0.5) is 0 Å². The molecule has 0 saturated carbocycles. The maximum Gasteiger partial charge on any atom is 0.230 e. The maximum atomic E-state index is 11.9. The third-order valence-corrected chi connectivity index (χ3v) is 3.80. The van der Waals surface area contributed by atoms with Gasteiger partial charge in [-0.05, 0) is 26.3 Å². The zero-order chi connectivity index (χ0) is 17.4. The summed E-state index contributed by atoms with van der Waals surface area (Å²) in [7, 11) is 0. The van der Waals surface area contributed by atoms with Gasteiger partial charge in [0.2, 0.25) is 11.1 Å². The fourth-order valence-corrected chi connectivity index (χ4v) is 2.61. The highest BCUT2D eigenvalue weighted by atomic mass is 32.2. The van der Waals surface area contributed by atoms with Crippen LogP contribution in [-0.2, 0) is 4.79 Å². The van der Waals surface area contributed by atoms with Gasteiger partial charge in [0.05, 0.1) is 5.75 Å². The molecule has 1 amide bonds. The second-order valence-corrected chi connectivity index (χ2v) is 7.19. The molecule has 0 bridgehead atoms. The molecule has 0 aliphatic carbocycles. The van der Waals surface area contributed by atoms with E-state index in [2.05, 4.69) is 20.9 Å². The van der Waals surface area contributed by atoms with Crippen molar-refractivity contribution in [2.75, 3.05) is 17.7 Å². The van der Waals surface area contributed by atoms with E-state index in [1.807, 2.05) is 63.3 Å². The molecule has 0 radical (unpaired) electrons. The average Bonchev–Trinajstić information content (AvgIpc) is 2.96. The maximum absolute atomic E-state index is 11.9. The standard InChI is InChI=1S/C17H23N5OS/c1-17(2,3)20-15(23)12-24-16-21-18-13-22(16)19-11-7-10-14-8-5-4-6-9-14/h4-10,13,19H,11-12H2,1-3H3,(H,20,23)/b10-7+. The smallest absolute Gasteiger partial charge is 0.230 e. The van der Waals surface area contributed by atoms with Crippen molar-refractivity contribution in [3.05, 3.63) is 48.3 Å². The molecule has 0 aliphatic heterocycles. The second kappa shape index (κ2) is 8.54. The molecule has 0 atom stereocenters. The molecule has 128 valence electrons. The second-order valence-electron chi connectivity index (χ2n) is 6.25. The molecule has 1 heterocycles. The van der Waals surface area contributed by atoms with Crippen molar-refractivity contribution < 1.29 is 4.79 Å². The first kappa shape index (κ1) is 18.1. The molecule has 1 aromatic carbocycles. The Bertz CT molecular complexity index is 676. The van der Waals surface area contributed by atoms with Gasteiger partial charge in [-0.2, -0.15) is 0 Å². The Kier molecular flexibility index (Phi) is 6.43. The highest BCUT2D eigenvalue weighted by Crippen LogP contribution is 2.13. The number of amides is 1. The van der Waals surface area contributed by atoms with Crippen LogP contribution < -0.4 is 10.7 Å². The Balaban J connectivity index is 1.80. The minimum Gasteiger partial charge on any atom is -0.351 e. The third kappa shape index (κ3) is 6.45. The van der Waals surface area contributed by atoms with Crippen LogP contribution in [0.15, 0.2) is 47.9 Å². The molecule has 0 saturated heterocycles. The van der Waals surface area contributed by atoms with Crippen molar-refractivity contribution in [3.63, 3.8) is 0 Å². The summed E-state index contributed by atoms with van der Waals surface area (Å²) in [6.45, 7) is 6.50. The topological polar surface area (TPSA) is 71.8 Å². The predicted molar refractivity (Wildman–Crippen MR) is 98.3 cm³/mol. The molecule has 0 spiro atoms. The molecule has 2 N–H and O–H groups in total. The summed E-state index contributed by atoms with van der Waals surface area (Å²) in [6.07, 6.45) is 5.66. The lowest BCUT2D eigenvalue weighted by atomic mass is 10.1. The molecule has 2 aromatic rings. The Morgan fingerprint density at radius 2 is 2.04 bits per heavy atom. The van der Waals surface area contributed by atoms with Gasteiger partial charge in [-0.15, -0.1) is 10.2 Å². The molecule has 0 aliphatic rings. The largest absolute Gasteiger partial charge is 0.351 e. The van der Waals surface area contributed by atoms with Crippen LogP contribution in [0, 0.1) is 0 Å². The monoisotopic (exact) mass is 345 g/mol. The highest BCUT2D eigenvalue weighted by Gasteiger charge is 2.15. The zero-order valence-electron chi connectivity index (χ0n) is 14.2. The number of hydrogen-bond donors (Lipinski definition) is 2. The van der Waals surface area contributed by atoms with Gasteiger partial charge in [0, 0.05) is 12.1 Å². The van der Waals surface area contributed by atoms with E-state index in [1.54, 1.807) is 11.0 Å². The summed E-state index contributed by atoms with van der Waals surface area (Å²) in [5, 5.41) is 11.5. The summed E-state index contributed by atoms with van der Waals surface area (Å²) in [6, 6.07) is 10.1. The van der Waals surface area contributed by atoms with Crippen molar-refractivity contribution in [3.8, 4) is 0 Å². The Morgan fingerprint density at radius 3 is 2.75 bits per heavy atom. The highest BCUT2D eigenvalue weighted by molar-refractivity contribution is 7.99. The van der Waals surface area contributed by atoms with E-state index in [-0.39, 0.29) is 11.4 Å². The molecule has 0 unspecified atom stereocenters. The van der Waals surface area contributed by atoms with E-state index >= 15 is 0 Å². The number of carbonyl (C=O) groups excluding carboxylic acids is 1. The molecule has 7 heteroatoms. The van der Waals surface area contributed by atoms with Gasteiger partial charge in [-0.25, -0.2) is 4.68 Å². The van der Waals surface area contributed by atoms with E-state index < -0.39 is 0 Å². The first-order valence-electron chi connectivity index (χ1n) is 7.73. The van der Waals surface area contributed by atoms with Crippen molar-refractivity contribution in [1.82, 2.24) is 20.2 Å². The van der Waals surface area contributed by atoms with Crippen LogP contribution >= 0.6 is 11.8 Å². The molecule has 24 heavy (non-hydrogen) atoms. The van der Waals surface area contributed by atoms with Crippen LogP contribution in [0.25, 0.3) is 6.08 Å². The lowest BCUT2D eigenvalue weighted by Crippen LogP contribution is -2.41. The van der Waals surface area contributed by atoms with Crippen LogP contribution in [-0.4, -0.2) is 38.6 Å². The quantitative estimate of drug-likeness (QED) is 0.755. The number of rotatable bonds is 7. The van der Waals surface area contributed by atoms with Crippen molar-refractivity contribution in [2.24, 2.45) is 0 Å². The van der Waals surface area contributed by atoms with E-state index in [0.717, 1.165) is 5.56 Å². The summed E-state index contributed by atoms with van der Waals surface area (Å²) in [5.74, 6) is 0.281. The molecular weight excluding hydrogens is 322 g/mol. The SMILES string of the molecule is CC(C)(C)NC(=O)CSc1nncn1NC/C=C/c1ccccc1. The molecule has 0 fully saturated rings. The number of thioether (sulfide) groups is 1. The normalized spacial score (nSPS) is 11.6. The van der Waals surface area contributed by atoms with Gasteiger partial charge in [-0.1, -0.05) is 54.2 Å². The van der Waals surface area contributed by atoms with Gasteiger partial charge in [-0.3, -0.25) is 4.79 Å². The number of carbonyl (C=O) groups is 1.